The van der Waals surface area contributed by atoms with Crippen LogP contribution in [0.4, 0.5) is 0 Å². The highest BCUT2D eigenvalue weighted by Crippen LogP contribution is 2.31. The number of nitrogens with zero attached hydrogens (tertiary/aromatic N) is 3. The van der Waals surface area contributed by atoms with E-state index in [4.69, 9.17) is 4.98 Å². The first-order valence-electron chi connectivity index (χ1n) is 8.96. The van der Waals surface area contributed by atoms with E-state index in [1.54, 1.807) is 6.20 Å². The Morgan fingerprint density at radius 1 is 1.40 bits per heavy atom. The number of pyridine rings is 1. The average Bonchev–Trinajstić information content (AvgIpc) is 3.18. The Morgan fingerprint density at radius 3 is 2.96 bits per heavy atom. The molecule has 3 N–H and O–H groups in total. The Labute approximate surface area is 146 Å². The van der Waals surface area contributed by atoms with Crippen LogP contribution in [0.3, 0.4) is 0 Å². The summed E-state index contributed by atoms with van der Waals surface area (Å²) < 4.78 is 2.29. The normalized spacial score (nSPS) is 16.1. The summed E-state index contributed by atoms with van der Waals surface area (Å²) in [5.41, 5.74) is 2.81. The van der Waals surface area contributed by atoms with Crippen LogP contribution < -0.4 is 10.6 Å². The standard InChI is InChI=1S/C18H24N6O/c1-11(2)22-16(25)9-15-23-14-10-21-18-13(5-8-20-18)17(14)24(15)12-3-6-19-7-4-12/h5,8,10-12,19H,3-4,6-7,9H2,1-2H3,(H,20,21)(H,22,25). The third-order valence-corrected chi connectivity index (χ3v) is 4.75. The molecule has 0 aliphatic carbocycles. The van der Waals surface area contributed by atoms with Gasteiger partial charge in [-0.3, -0.25) is 4.79 Å². The number of rotatable bonds is 4. The van der Waals surface area contributed by atoms with Crippen molar-refractivity contribution in [3.05, 3.63) is 24.3 Å². The summed E-state index contributed by atoms with van der Waals surface area (Å²) in [6.45, 7) is 5.93. The monoisotopic (exact) mass is 340 g/mol. The molecule has 3 aromatic rings. The van der Waals surface area contributed by atoms with E-state index in [0.29, 0.717) is 12.5 Å². The maximum atomic E-state index is 12.3. The second-order valence-electron chi connectivity index (χ2n) is 7.01. The summed E-state index contributed by atoms with van der Waals surface area (Å²) in [4.78, 5) is 24.7. The molecule has 1 saturated heterocycles. The van der Waals surface area contributed by atoms with Crippen LogP contribution >= 0.6 is 0 Å². The van der Waals surface area contributed by atoms with Gasteiger partial charge in [0.1, 0.15) is 17.0 Å². The number of carbonyl (C=O) groups excluding carboxylic acids is 1. The van der Waals surface area contributed by atoms with Gasteiger partial charge in [-0.25, -0.2) is 9.97 Å². The second-order valence-corrected chi connectivity index (χ2v) is 7.01. The molecule has 4 heterocycles. The minimum atomic E-state index is 0.0127. The van der Waals surface area contributed by atoms with Gasteiger partial charge >= 0.3 is 0 Å². The van der Waals surface area contributed by atoms with Gasteiger partial charge in [-0.15, -0.1) is 0 Å². The number of aromatic amines is 1. The Kier molecular flexibility index (Phi) is 4.17. The van der Waals surface area contributed by atoms with Crippen molar-refractivity contribution < 1.29 is 4.79 Å². The van der Waals surface area contributed by atoms with E-state index in [9.17, 15) is 4.79 Å². The lowest BCUT2D eigenvalue weighted by Crippen LogP contribution is -2.34. The molecular weight excluding hydrogens is 316 g/mol. The lowest BCUT2D eigenvalue weighted by molar-refractivity contribution is -0.121. The quantitative estimate of drug-likeness (QED) is 0.677. The maximum absolute atomic E-state index is 12.3. The van der Waals surface area contributed by atoms with E-state index in [1.807, 2.05) is 26.1 Å². The zero-order valence-electron chi connectivity index (χ0n) is 14.7. The molecule has 0 radical (unpaired) electrons. The van der Waals surface area contributed by atoms with Gasteiger partial charge in [0.15, 0.2) is 0 Å². The number of amides is 1. The Balaban J connectivity index is 1.84. The molecule has 1 amide bonds. The summed E-state index contributed by atoms with van der Waals surface area (Å²) in [5, 5.41) is 7.45. The smallest absolute Gasteiger partial charge is 0.227 e. The van der Waals surface area contributed by atoms with Gasteiger partial charge in [0.25, 0.3) is 0 Å². The molecule has 7 nitrogen and oxygen atoms in total. The number of nitrogens with one attached hydrogen (secondary N) is 3. The molecule has 4 rings (SSSR count). The van der Waals surface area contributed by atoms with Crippen molar-refractivity contribution in [2.24, 2.45) is 0 Å². The third-order valence-electron chi connectivity index (χ3n) is 4.75. The van der Waals surface area contributed by atoms with Crippen molar-refractivity contribution in [2.75, 3.05) is 13.1 Å². The molecule has 0 bridgehead atoms. The van der Waals surface area contributed by atoms with E-state index in [0.717, 1.165) is 53.8 Å². The Hall–Kier alpha value is -2.41. The minimum absolute atomic E-state index is 0.0127. The second kappa shape index (κ2) is 6.48. The van der Waals surface area contributed by atoms with E-state index in [-0.39, 0.29) is 11.9 Å². The van der Waals surface area contributed by atoms with Crippen LogP contribution in [0.25, 0.3) is 22.1 Å². The fraction of sp³-hybridized carbons (Fsp3) is 0.500. The van der Waals surface area contributed by atoms with Crippen molar-refractivity contribution in [2.45, 2.75) is 45.2 Å². The molecule has 1 fully saturated rings. The summed E-state index contributed by atoms with van der Waals surface area (Å²) in [7, 11) is 0. The van der Waals surface area contributed by atoms with Crippen molar-refractivity contribution in [3.8, 4) is 0 Å². The largest absolute Gasteiger partial charge is 0.354 e. The maximum Gasteiger partial charge on any atom is 0.227 e. The Bertz CT molecular complexity index is 903. The van der Waals surface area contributed by atoms with Crippen LogP contribution in [0.15, 0.2) is 18.5 Å². The van der Waals surface area contributed by atoms with Gasteiger partial charge in [-0.2, -0.15) is 0 Å². The van der Waals surface area contributed by atoms with Gasteiger partial charge < -0.3 is 20.2 Å². The van der Waals surface area contributed by atoms with Gasteiger partial charge in [-0.05, 0) is 45.8 Å². The number of fused-ring (bicyclic) bond motifs is 3. The van der Waals surface area contributed by atoms with Gasteiger partial charge in [-0.1, -0.05) is 0 Å². The van der Waals surface area contributed by atoms with Crippen LogP contribution in [-0.4, -0.2) is 44.6 Å². The SMILES string of the molecule is CC(C)NC(=O)Cc1nc2cnc3[nH]ccc3c2n1C1CCNCC1. The fourth-order valence-corrected chi connectivity index (χ4v) is 3.74. The average molecular weight is 340 g/mol. The molecule has 25 heavy (non-hydrogen) atoms. The molecule has 3 aromatic heterocycles. The summed E-state index contributed by atoms with van der Waals surface area (Å²) in [5.74, 6) is 0.842. The van der Waals surface area contributed by atoms with E-state index in [1.165, 1.54) is 0 Å². The predicted molar refractivity (Wildman–Crippen MR) is 97.5 cm³/mol. The van der Waals surface area contributed by atoms with E-state index in [2.05, 4.69) is 25.2 Å². The first kappa shape index (κ1) is 16.1. The molecule has 7 heteroatoms. The topological polar surface area (TPSA) is 87.6 Å². The molecule has 0 spiro atoms. The number of aromatic nitrogens is 4. The number of carbonyl (C=O) groups is 1. The van der Waals surface area contributed by atoms with Gasteiger partial charge in [0, 0.05) is 23.7 Å². The summed E-state index contributed by atoms with van der Waals surface area (Å²) in [6.07, 6.45) is 6.08. The number of imidazole rings is 1. The molecule has 0 atom stereocenters. The number of hydrogen-bond acceptors (Lipinski definition) is 4. The zero-order chi connectivity index (χ0) is 17.4. The van der Waals surface area contributed by atoms with Crippen molar-refractivity contribution in [1.29, 1.82) is 0 Å². The van der Waals surface area contributed by atoms with E-state index >= 15 is 0 Å². The predicted octanol–water partition coefficient (Wildman–Crippen LogP) is 1.90. The van der Waals surface area contributed by atoms with Crippen LogP contribution in [0.2, 0.25) is 0 Å². The van der Waals surface area contributed by atoms with Gasteiger partial charge in [0.05, 0.1) is 18.1 Å². The first-order valence-corrected chi connectivity index (χ1v) is 8.96. The van der Waals surface area contributed by atoms with Crippen LogP contribution in [0.5, 0.6) is 0 Å². The number of piperidine rings is 1. The highest BCUT2D eigenvalue weighted by Gasteiger charge is 2.24. The molecule has 132 valence electrons. The fourth-order valence-electron chi connectivity index (χ4n) is 3.74. The van der Waals surface area contributed by atoms with E-state index < -0.39 is 0 Å². The highest BCUT2D eigenvalue weighted by molar-refractivity contribution is 6.01. The first-order chi connectivity index (χ1) is 12.1. The van der Waals surface area contributed by atoms with Crippen LogP contribution in [-0.2, 0) is 11.2 Å². The van der Waals surface area contributed by atoms with Crippen LogP contribution in [0.1, 0.15) is 38.6 Å². The lowest BCUT2D eigenvalue weighted by atomic mass is 10.1. The van der Waals surface area contributed by atoms with Crippen LogP contribution in [0, 0.1) is 0 Å². The van der Waals surface area contributed by atoms with Crippen molar-refractivity contribution in [1.82, 2.24) is 30.2 Å². The third kappa shape index (κ3) is 3.00. The molecule has 0 saturated carbocycles. The number of H-pyrrole nitrogens is 1. The molecule has 0 aromatic carbocycles. The lowest BCUT2D eigenvalue weighted by Gasteiger charge is -2.26. The summed E-state index contributed by atoms with van der Waals surface area (Å²) >= 11 is 0. The van der Waals surface area contributed by atoms with Gasteiger partial charge in [0.2, 0.25) is 5.91 Å². The zero-order valence-corrected chi connectivity index (χ0v) is 14.7. The highest BCUT2D eigenvalue weighted by atomic mass is 16.1. The van der Waals surface area contributed by atoms with Crippen molar-refractivity contribution >= 4 is 28.0 Å². The summed E-state index contributed by atoms with van der Waals surface area (Å²) in [6, 6.07) is 2.53. The Morgan fingerprint density at radius 2 is 2.20 bits per heavy atom. The molecule has 0 unspecified atom stereocenters. The molecule has 1 aliphatic rings. The molecular formula is C18H24N6O. The van der Waals surface area contributed by atoms with Crippen molar-refractivity contribution in [3.63, 3.8) is 0 Å². The minimum Gasteiger partial charge on any atom is -0.354 e. The molecule has 1 aliphatic heterocycles. The number of hydrogen-bond donors (Lipinski definition) is 3.